The molecule has 2 aromatic heterocycles. The normalized spacial score (nSPS) is 20.8. The molecule has 3 aliphatic rings. The molecule has 1 aromatic carbocycles. The second-order valence-electron chi connectivity index (χ2n) is 10.6. The van der Waals surface area contributed by atoms with Crippen molar-refractivity contribution < 1.29 is 14.6 Å². The molecule has 0 saturated carbocycles. The minimum atomic E-state index is 0.0212. The van der Waals surface area contributed by atoms with Crippen LogP contribution in [0.1, 0.15) is 30.1 Å². The summed E-state index contributed by atoms with van der Waals surface area (Å²) in [6.07, 6.45) is 3.97. The zero-order valence-electron chi connectivity index (χ0n) is 22.7. The van der Waals surface area contributed by atoms with Gasteiger partial charge in [0.05, 0.1) is 56.0 Å². The first-order valence-electron chi connectivity index (χ1n) is 14.3. The Kier molecular flexibility index (Phi) is 8.87. The van der Waals surface area contributed by atoms with Crippen LogP contribution in [0.5, 0.6) is 0 Å². The Balaban J connectivity index is 1.22. The van der Waals surface area contributed by atoms with E-state index in [1.54, 1.807) is 11.3 Å². The summed E-state index contributed by atoms with van der Waals surface area (Å²) >= 11 is 1.77. The van der Waals surface area contributed by atoms with Crippen molar-refractivity contribution in [2.75, 3.05) is 95.1 Å². The first-order valence-corrected chi connectivity index (χ1v) is 15.2. The summed E-state index contributed by atoms with van der Waals surface area (Å²) in [5, 5.41) is 14.7. The lowest BCUT2D eigenvalue weighted by atomic mass is 10.1. The summed E-state index contributed by atoms with van der Waals surface area (Å²) in [6, 6.07) is 8.48. The van der Waals surface area contributed by atoms with Crippen LogP contribution in [-0.4, -0.2) is 110 Å². The summed E-state index contributed by atoms with van der Waals surface area (Å²) < 4.78 is 11.2. The van der Waals surface area contributed by atoms with E-state index < -0.39 is 0 Å². The topological polar surface area (TPSA) is 77.4 Å². The third-order valence-corrected chi connectivity index (χ3v) is 9.16. The summed E-state index contributed by atoms with van der Waals surface area (Å²) in [5.41, 5.74) is 4.22. The van der Waals surface area contributed by atoms with Crippen molar-refractivity contribution in [2.45, 2.75) is 25.5 Å². The average molecular weight is 553 g/mol. The predicted molar refractivity (Wildman–Crippen MR) is 156 cm³/mol. The van der Waals surface area contributed by atoms with Gasteiger partial charge < -0.3 is 24.4 Å². The van der Waals surface area contributed by atoms with Crippen molar-refractivity contribution >= 4 is 33.1 Å². The zero-order valence-corrected chi connectivity index (χ0v) is 23.5. The Hall–Kier alpha value is -2.34. The standard InChI is InChI=1S/C29H40N6O3S/c36-21-24-5-4-23-3-1-7-30-27(23)28(24)34-9-2-8-33(11-12-34)26(6-10-32-13-17-37-18-14-32)25-22-39-29(31-25)35-15-19-38-20-16-35/h1,3-5,7,22,26,36H,2,6,8-21H2. The van der Waals surface area contributed by atoms with E-state index >= 15 is 0 Å². The molecule has 0 aliphatic carbocycles. The SMILES string of the molecule is OCc1ccc2cccnc2c1N1CCCN(C(CCN2CCOCC2)c2csc(N3CCOCC3)n2)CC1. The van der Waals surface area contributed by atoms with E-state index in [1.165, 1.54) is 5.69 Å². The average Bonchev–Trinajstić information content (AvgIpc) is 3.36. The Labute approximate surface area is 234 Å². The highest BCUT2D eigenvalue weighted by Crippen LogP contribution is 2.34. The molecule has 0 spiro atoms. The van der Waals surface area contributed by atoms with E-state index in [0.29, 0.717) is 0 Å². The fraction of sp³-hybridized carbons (Fsp3) is 0.586. The molecule has 0 amide bonds. The van der Waals surface area contributed by atoms with Crippen LogP contribution in [0.4, 0.5) is 10.8 Å². The minimum absolute atomic E-state index is 0.0212. The minimum Gasteiger partial charge on any atom is -0.392 e. The number of pyridine rings is 1. The highest BCUT2D eigenvalue weighted by molar-refractivity contribution is 7.13. The van der Waals surface area contributed by atoms with E-state index in [-0.39, 0.29) is 12.6 Å². The fourth-order valence-electron chi connectivity index (χ4n) is 6.10. The summed E-state index contributed by atoms with van der Waals surface area (Å²) in [6.45, 7) is 12.0. The van der Waals surface area contributed by atoms with Crippen LogP contribution in [0.3, 0.4) is 0 Å². The van der Waals surface area contributed by atoms with Gasteiger partial charge in [-0.05, 0) is 18.9 Å². The quantitative estimate of drug-likeness (QED) is 0.454. The molecule has 210 valence electrons. The molecule has 9 nitrogen and oxygen atoms in total. The van der Waals surface area contributed by atoms with Crippen molar-refractivity contribution in [2.24, 2.45) is 0 Å². The van der Waals surface area contributed by atoms with Gasteiger partial charge in [-0.1, -0.05) is 18.2 Å². The highest BCUT2D eigenvalue weighted by atomic mass is 32.1. The van der Waals surface area contributed by atoms with Crippen molar-refractivity contribution in [3.05, 3.63) is 47.1 Å². The monoisotopic (exact) mass is 552 g/mol. The van der Waals surface area contributed by atoms with Gasteiger partial charge in [-0.25, -0.2) is 4.98 Å². The van der Waals surface area contributed by atoms with Crippen LogP contribution in [0, 0.1) is 0 Å². The number of nitrogens with zero attached hydrogens (tertiary/aromatic N) is 6. The first kappa shape index (κ1) is 26.9. The molecular weight excluding hydrogens is 512 g/mol. The van der Waals surface area contributed by atoms with Gasteiger partial charge >= 0.3 is 0 Å². The van der Waals surface area contributed by atoms with Gasteiger partial charge in [0.1, 0.15) is 0 Å². The van der Waals surface area contributed by atoms with Crippen molar-refractivity contribution in [1.82, 2.24) is 19.8 Å². The Morgan fingerprint density at radius 1 is 0.897 bits per heavy atom. The van der Waals surface area contributed by atoms with E-state index in [2.05, 4.69) is 43.2 Å². The van der Waals surface area contributed by atoms with Crippen molar-refractivity contribution in [3.63, 3.8) is 0 Å². The van der Waals surface area contributed by atoms with Crippen LogP contribution in [-0.2, 0) is 16.1 Å². The zero-order chi connectivity index (χ0) is 26.4. The van der Waals surface area contributed by atoms with E-state index in [4.69, 9.17) is 19.4 Å². The lowest BCUT2D eigenvalue weighted by molar-refractivity contribution is 0.0328. The smallest absolute Gasteiger partial charge is 0.185 e. The predicted octanol–water partition coefficient (Wildman–Crippen LogP) is 3.00. The van der Waals surface area contributed by atoms with Crippen LogP contribution in [0.2, 0.25) is 0 Å². The number of anilines is 2. The number of thiazole rings is 1. The number of aliphatic hydroxyl groups is 1. The lowest BCUT2D eigenvalue weighted by Crippen LogP contribution is -2.40. The summed E-state index contributed by atoms with van der Waals surface area (Å²) in [4.78, 5) is 19.9. The van der Waals surface area contributed by atoms with Gasteiger partial charge in [-0.15, -0.1) is 11.3 Å². The molecule has 0 bridgehead atoms. The largest absolute Gasteiger partial charge is 0.392 e. The number of aromatic nitrogens is 2. The summed E-state index contributed by atoms with van der Waals surface area (Å²) in [5.74, 6) is 0. The maximum absolute atomic E-state index is 10.2. The number of rotatable bonds is 8. The molecule has 1 atom stereocenters. The second-order valence-corrected chi connectivity index (χ2v) is 11.4. The number of fused-ring (bicyclic) bond motifs is 1. The Bertz CT molecular complexity index is 1210. The number of hydrogen-bond acceptors (Lipinski definition) is 10. The molecule has 5 heterocycles. The molecule has 3 saturated heterocycles. The van der Waals surface area contributed by atoms with E-state index in [1.807, 2.05) is 12.3 Å². The number of ether oxygens (including phenoxy) is 2. The number of morpholine rings is 2. The second kappa shape index (κ2) is 12.9. The maximum Gasteiger partial charge on any atom is 0.185 e. The van der Waals surface area contributed by atoms with Crippen molar-refractivity contribution in [1.29, 1.82) is 0 Å². The Morgan fingerprint density at radius 3 is 2.54 bits per heavy atom. The van der Waals surface area contributed by atoms with Crippen molar-refractivity contribution in [3.8, 4) is 0 Å². The maximum atomic E-state index is 10.2. The molecule has 3 aromatic rings. The molecule has 1 N–H and O–H groups in total. The number of aliphatic hydroxyl groups excluding tert-OH is 1. The van der Waals surface area contributed by atoms with Crippen LogP contribution in [0.25, 0.3) is 10.9 Å². The van der Waals surface area contributed by atoms with E-state index in [9.17, 15) is 5.11 Å². The molecule has 1 unspecified atom stereocenters. The van der Waals surface area contributed by atoms with Gasteiger partial charge in [-0.2, -0.15) is 0 Å². The van der Waals surface area contributed by atoms with Gasteiger partial charge in [0.2, 0.25) is 0 Å². The van der Waals surface area contributed by atoms with Crippen LogP contribution in [0.15, 0.2) is 35.8 Å². The highest BCUT2D eigenvalue weighted by Gasteiger charge is 2.28. The molecule has 39 heavy (non-hydrogen) atoms. The first-order chi connectivity index (χ1) is 19.3. The number of benzene rings is 1. The lowest BCUT2D eigenvalue weighted by Gasteiger charge is -2.33. The van der Waals surface area contributed by atoms with Gasteiger partial charge in [0, 0.05) is 81.4 Å². The number of hydrogen-bond donors (Lipinski definition) is 1. The molecule has 6 rings (SSSR count). The van der Waals surface area contributed by atoms with Gasteiger partial charge in [-0.3, -0.25) is 14.8 Å². The third-order valence-electron chi connectivity index (χ3n) is 8.24. The van der Waals surface area contributed by atoms with Gasteiger partial charge in [0.15, 0.2) is 5.13 Å². The van der Waals surface area contributed by atoms with Gasteiger partial charge in [0.25, 0.3) is 0 Å². The third kappa shape index (κ3) is 6.21. The fourth-order valence-corrected chi connectivity index (χ4v) is 7.03. The van der Waals surface area contributed by atoms with E-state index in [0.717, 1.165) is 125 Å². The summed E-state index contributed by atoms with van der Waals surface area (Å²) in [7, 11) is 0. The molecule has 3 fully saturated rings. The Morgan fingerprint density at radius 2 is 1.72 bits per heavy atom. The molecule has 0 radical (unpaired) electrons. The molecule has 3 aliphatic heterocycles. The molecule has 10 heteroatoms. The van der Waals surface area contributed by atoms with Crippen LogP contribution >= 0.6 is 11.3 Å². The molecular formula is C29H40N6O3S. The van der Waals surface area contributed by atoms with Crippen LogP contribution < -0.4 is 9.80 Å².